The number of para-hydroxylation sites is 1. The van der Waals surface area contributed by atoms with Gasteiger partial charge in [-0.25, -0.2) is 0 Å². The van der Waals surface area contributed by atoms with Crippen LogP contribution in [0.25, 0.3) is 0 Å². The van der Waals surface area contributed by atoms with Crippen LogP contribution < -0.4 is 4.74 Å². The van der Waals surface area contributed by atoms with E-state index >= 15 is 0 Å². The Labute approximate surface area is 173 Å². The van der Waals surface area contributed by atoms with Crippen LogP contribution in [0.2, 0.25) is 0 Å². The fourth-order valence-electron chi connectivity index (χ4n) is 4.86. The van der Waals surface area contributed by atoms with E-state index in [0.717, 1.165) is 5.56 Å². The average molecular weight is 401 g/mol. The second-order valence-corrected chi connectivity index (χ2v) is 8.36. The molecule has 5 nitrogen and oxygen atoms in total. The van der Waals surface area contributed by atoms with Gasteiger partial charge in [-0.3, -0.25) is 9.59 Å². The van der Waals surface area contributed by atoms with Crippen LogP contribution in [0.3, 0.4) is 0 Å². The van der Waals surface area contributed by atoms with Gasteiger partial charge in [0.2, 0.25) is 0 Å². The first-order valence-electron chi connectivity index (χ1n) is 10.6. The second kappa shape index (κ2) is 8.70. The third-order valence-electron chi connectivity index (χ3n) is 6.78. The molecule has 0 amide bonds. The number of rotatable bonds is 6. The van der Waals surface area contributed by atoms with Crippen LogP contribution in [0.15, 0.2) is 35.9 Å². The molecule has 5 atom stereocenters. The van der Waals surface area contributed by atoms with Gasteiger partial charge in [0.25, 0.3) is 0 Å². The summed E-state index contributed by atoms with van der Waals surface area (Å²) in [5, 5.41) is 0. The second-order valence-electron chi connectivity index (χ2n) is 8.36. The highest BCUT2D eigenvalue weighted by Gasteiger charge is 2.54. The summed E-state index contributed by atoms with van der Waals surface area (Å²) in [5.74, 6) is 0.746. The maximum Gasteiger partial charge on any atom is 0.310 e. The molecule has 1 aromatic carbocycles. The van der Waals surface area contributed by atoms with Crippen LogP contribution >= 0.6 is 0 Å². The van der Waals surface area contributed by atoms with Gasteiger partial charge in [0.15, 0.2) is 0 Å². The predicted molar refractivity (Wildman–Crippen MR) is 110 cm³/mol. The molecule has 0 N–H and O–H groups in total. The quantitative estimate of drug-likeness (QED) is 0.388. The summed E-state index contributed by atoms with van der Waals surface area (Å²) in [4.78, 5) is 23.7. The molecular weight excluding hydrogens is 368 g/mol. The molecule has 0 spiro atoms. The van der Waals surface area contributed by atoms with Crippen LogP contribution in [0.4, 0.5) is 0 Å². The first kappa shape index (κ1) is 21.6. The first-order chi connectivity index (χ1) is 13.8. The van der Waals surface area contributed by atoms with E-state index in [1.807, 2.05) is 31.2 Å². The monoisotopic (exact) mass is 400 g/mol. The van der Waals surface area contributed by atoms with Gasteiger partial charge >= 0.3 is 11.9 Å². The van der Waals surface area contributed by atoms with Gasteiger partial charge in [-0.2, -0.15) is 0 Å². The molecule has 5 heteroatoms. The molecule has 1 fully saturated rings. The summed E-state index contributed by atoms with van der Waals surface area (Å²) < 4.78 is 17.6. The van der Waals surface area contributed by atoms with E-state index in [9.17, 15) is 9.59 Å². The molecular formula is C24H32O5. The number of ether oxygens (including phenoxy) is 3. The molecule has 1 aliphatic carbocycles. The van der Waals surface area contributed by atoms with E-state index in [4.69, 9.17) is 14.2 Å². The lowest BCUT2D eigenvalue weighted by Crippen LogP contribution is -2.54. The Morgan fingerprint density at radius 3 is 2.52 bits per heavy atom. The minimum atomic E-state index is -0.258. The Morgan fingerprint density at radius 1 is 1.14 bits per heavy atom. The number of carbonyl (C=O) groups is 2. The van der Waals surface area contributed by atoms with Gasteiger partial charge in [0, 0.05) is 29.7 Å². The van der Waals surface area contributed by atoms with Gasteiger partial charge in [0.1, 0.15) is 5.75 Å². The summed E-state index contributed by atoms with van der Waals surface area (Å²) in [6.45, 7) is 11.0. The summed E-state index contributed by atoms with van der Waals surface area (Å²) in [6.07, 6.45) is 2.78. The van der Waals surface area contributed by atoms with E-state index in [1.54, 1.807) is 6.92 Å². The van der Waals surface area contributed by atoms with Crippen LogP contribution in [-0.4, -0.2) is 25.2 Å². The van der Waals surface area contributed by atoms with Gasteiger partial charge in [-0.1, -0.05) is 57.5 Å². The standard InChI is InChI=1S/C24H32O5/c1-6-20(25)27-13-24-14-28-23(22(17(24)5)15(3)12-16(24)4)18-10-8-9-11-19(18)29-21(26)7-2/h8-12,16-17,22-23H,6-7,13-14H2,1-5H3/t16-,17-,22+,23-,24-/m1/s1. The minimum Gasteiger partial charge on any atom is -0.465 e. The Balaban J connectivity index is 1.94. The van der Waals surface area contributed by atoms with Gasteiger partial charge in [-0.05, 0) is 24.8 Å². The zero-order chi connectivity index (χ0) is 21.2. The zero-order valence-corrected chi connectivity index (χ0v) is 18.1. The Hall–Kier alpha value is -2.14. The van der Waals surface area contributed by atoms with Gasteiger partial charge in [-0.15, -0.1) is 0 Å². The number of fused-ring (bicyclic) bond motifs is 2. The molecule has 1 aliphatic heterocycles. The van der Waals surface area contributed by atoms with Crippen molar-refractivity contribution in [1.29, 1.82) is 0 Å². The topological polar surface area (TPSA) is 61.8 Å². The minimum absolute atomic E-state index is 0.127. The van der Waals surface area contributed by atoms with Crippen LogP contribution in [-0.2, 0) is 19.1 Å². The van der Waals surface area contributed by atoms with Crippen molar-refractivity contribution in [2.75, 3.05) is 13.2 Å². The van der Waals surface area contributed by atoms with E-state index in [-0.39, 0.29) is 41.2 Å². The van der Waals surface area contributed by atoms with E-state index < -0.39 is 0 Å². The fourth-order valence-corrected chi connectivity index (χ4v) is 4.86. The predicted octanol–water partition coefficient (Wildman–Crippen LogP) is 4.86. The number of benzene rings is 1. The Morgan fingerprint density at radius 2 is 1.83 bits per heavy atom. The molecule has 0 radical (unpaired) electrons. The molecule has 29 heavy (non-hydrogen) atoms. The number of allylic oxidation sites excluding steroid dienone is 1. The third kappa shape index (κ3) is 3.97. The van der Waals surface area contributed by atoms with Crippen molar-refractivity contribution in [3.05, 3.63) is 41.5 Å². The highest BCUT2D eigenvalue weighted by molar-refractivity contribution is 5.72. The van der Waals surface area contributed by atoms with Crippen molar-refractivity contribution in [3.8, 4) is 5.75 Å². The van der Waals surface area contributed by atoms with E-state index in [2.05, 4.69) is 26.8 Å². The lowest BCUT2D eigenvalue weighted by Gasteiger charge is -2.55. The third-order valence-corrected chi connectivity index (χ3v) is 6.78. The summed E-state index contributed by atoms with van der Waals surface area (Å²) in [5.41, 5.74) is 1.91. The highest BCUT2D eigenvalue weighted by Crippen LogP contribution is 2.57. The molecule has 0 aromatic heterocycles. The van der Waals surface area contributed by atoms with E-state index in [0.29, 0.717) is 31.8 Å². The highest BCUT2D eigenvalue weighted by atomic mass is 16.5. The van der Waals surface area contributed by atoms with Crippen molar-refractivity contribution in [2.45, 2.75) is 53.6 Å². The average Bonchev–Trinajstić information content (AvgIpc) is 2.71. The number of esters is 2. The molecule has 0 unspecified atom stereocenters. The van der Waals surface area contributed by atoms with Gasteiger partial charge in [0.05, 0.1) is 19.3 Å². The number of hydrogen-bond acceptors (Lipinski definition) is 5. The van der Waals surface area contributed by atoms with Crippen molar-refractivity contribution in [2.24, 2.45) is 23.2 Å². The summed E-state index contributed by atoms with van der Waals surface area (Å²) in [6, 6.07) is 7.62. The molecule has 1 aromatic rings. The van der Waals surface area contributed by atoms with Crippen molar-refractivity contribution < 1.29 is 23.8 Å². The van der Waals surface area contributed by atoms with Crippen molar-refractivity contribution >= 4 is 11.9 Å². The molecule has 3 rings (SSSR count). The number of hydrogen-bond donors (Lipinski definition) is 0. The normalized spacial score (nSPS) is 31.0. The molecule has 0 saturated carbocycles. The van der Waals surface area contributed by atoms with Gasteiger partial charge < -0.3 is 14.2 Å². The molecule has 2 aliphatic rings. The Kier molecular flexibility index (Phi) is 6.47. The molecule has 1 saturated heterocycles. The largest absolute Gasteiger partial charge is 0.465 e. The van der Waals surface area contributed by atoms with Crippen LogP contribution in [0, 0.1) is 23.2 Å². The maximum absolute atomic E-state index is 11.9. The van der Waals surface area contributed by atoms with E-state index in [1.165, 1.54) is 5.57 Å². The maximum atomic E-state index is 11.9. The lowest BCUT2D eigenvalue weighted by atomic mass is 9.56. The molecule has 158 valence electrons. The summed E-state index contributed by atoms with van der Waals surface area (Å²) >= 11 is 0. The smallest absolute Gasteiger partial charge is 0.310 e. The number of carbonyl (C=O) groups excluding carboxylic acids is 2. The van der Waals surface area contributed by atoms with Crippen molar-refractivity contribution in [1.82, 2.24) is 0 Å². The molecule has 1 heterocycles. The van der Waals surface area contributed by atoms with Crippen LogP contribution in [0.1, 0.15) is 59.1 Å². The summed E-state index contributed by atoms with van der Waals surface area (Å²) in [7, 11) is 0. The zero-order valence-electron chi connectivity index (χ0n) is 18.1. The van der Waals surface area contributed by atoms with Crippen LogP contribution in [0.5, 0.6) is 5.75 Å². The van der Waals surface area contributed by atoms with Crippen molar-refractivity contribution in [3.63, 3.8) is 0 Å². The SMILES string of the molecule is CCC(=O)OC[C@@]12CO[C@H](c3ccccc3OC(=O)CC)[C@@H](C(C)=C[C@H]1C)[C@H]2C. The fraction of sp³-hybridized carbons (Fsp3) is 0.583. The first-order valence-corrected chi connectivity index (χ1v) is 10.6. The lowest BCUT2D eigenvalue weighted by molar-refractivity contribution is -0.182. The molecule has 2 bridgehead atoms. The Bertz CT molecular complexity index is 798.